The van der Waals surface area contributed by atoms with Gasteiger partial charge in [-0.3, -0.25) is 25.0 Å². The third kappa shape index (κ3) is 5.89. The van der Waals surface area contributed by atoms with Crippen LogP contribution in [0.15, 0.2) is 50.9 Å². The fraction of sp³-hybridized carbons (Fsp3) is 0.261. The van der Waals surface area contributed by atoms with Crippen molar-refractivity contribution in [1.29, 1.82) is 0 Å². The zero-order valence-electron chi connectivity index (χ0n) is 18.2. The first-order valence-electron chi connectivity index (χ1n) is 10.5. The van der Waals surface area contributed by atoms with Gasteiger partial charge in [0.1, 0.15) is 11.3 Å². The Balaban J connectivity index is 1.87. The number of nitro groups is 1. The highest BCUT2D eigenvalue weighted by Gasteiger charge is 2.37. The Labute approximate surface area is 212 Å². The average Bonchev–Trinajstić information content (AvgIpc) is 2.78. The summed E-state index contributed by atoms with van der Waals surface area (Å²) in [5, 5.41) is 13.2. The topological polar surface area (TPSA) is 119 Å². The molecule has 11 heteroatoms. The van der Waals surface area contributed by atoms with Crippen molar-refractivity contribution in [3.63, 3.8) is 0 Å². The van der Waals surface area contributed by atoms with Gasteiger partial charge in [-0.15, -0.1) is 0 Å². The Morgan fingerprint density at radius 1 is 1.09 bits per heavy atom. The van der Waals surface area contributed by atoms with E-state index in [2.05, 4.69) is 44.1 Å². The molecular formula is C23H21Br2N3O6. The molecule has 0 radical (unpaired) electrons. The molecule has 1 fully saturated rings. The molecule has 1 aliphatic heterocycles. The second-order valence-electron chi connectivity index (χ2n) is 7.46. The molecule has 1 heterocycles. The summed E-state index contributed by atoms with van der Waals surface area (Å²) in [5.74, 6) is -1.15. The van der Waals surface area contributed by atoms with Gasteiger partial charge in [0, 0.05) is 12.1 Å². The van der Waals surface area contributed by atoms with E-state index in [0.717, 1.165) is 31.7 Å². The normalized spacial score (nSPS) is 15.0. The van der Waals surface area contributed by atoms with E-state index in [0.29, 0.717) is 31.8 Å². The minimum absolute atomic E-state index is 0.0238. The minimum atomic E-state index is -0.984. The molecule has 1 saturated heterocycles. The maximum atomic E-state index is 13.1. The van der Waals surface area contributed by atoms with Crippen molar-refractivity contribution in [2.45, 2.75) is 32.6 Å². The third-order valence-electron chi connectivity index (χ3n) is 4.98. The number of non-ortho nitro benzene ring substituents is 1. The van der Waals surface area contributed by atoms with E-state index in [1.807, 2.05) is 0 Å². The molecule has 1 aliphatic rings. The lowest BCUT2D eigenvalue weighted by atomic mass is 10.1. The number of amides is 4. The first kappa shape index (κ1) is 25.6. The number of carbonyl (C=O) groups is 3. The SMILES string of the molecule is CCCCCCOc1c(Br)cc(/C=C2/C(=O)NC(=O)N(c3cccc([N+](=O)[O-])c3)C2=O)cc1Br. The summed E-state index contributed by atoms with van der Waals surface area (Å²) in [5.41, 5.74) is -0.106. The van der Waals surface area contributed by atoms with E-state index in [1.165, 1.54) is 24.3 Å². The molecule has 2 aromatic carbocycles. The van der Waals surface area contributed by atoms with Crippen molar-refractivity contribution in [1.82, 2.24) is 5.32 Å². The number of halogens is 2. The Morgan fingerprint density at radius 2 is 1.79 bits per heavy atom. The number of benzene rings is 2. The molecule has 178 valence electrons. The number of hydrogen-bond donors (Lipinski definition) is 1. The van der Waals surface area contributed by atoms with Crippen LogP contribution in [0.1, 0.15) is 38.2 Å². The zero-order chi connectivity index (χ0) is 24.8. The minimum Gasteiger partial charge on any atom is -0.491 e. The average molecular weight is 595 g/mol. The van der Waals surface area contributed by atoms with Crippen molar-refractivity contribution in [2.75, 3.05) is 11.5 Å². The molecule has 4 amide bonds. The molecule has 0 bridgehead atoms. The van der Waals surface area contributed by atoms with Gasteiger partial charge in [0.2, 0.25) is 0 Å². The molecular weight excluding hydrogens is 574 g/mol. The number of imide groups is 2. The fourth-order valence-corrected chi connectivity index (χ4v) is 4.76. The van der Waals surface area contributed by atoms with Gasteiger partial charge in [0.05, 0.1) is 26.2 Å². The summed E-state index contributed by atoms with van der Waals surface area (Å²) in [4.78, 5) is 49.0. The van der Waals surface area contributed by atoms with Gasteiger partial charge in [-0.2, -0.15) is 0 Å². The first-order valence-corrected chi connectivity index (χ1v) is 12.1. The number of anilines is 1. The number of rotatable bonds is 9. The highest BCUT2D eigenvalue weighted by Crippen LogP contribution is 2.36. The summed E-state index contributed by atoms with van der Waals surface area (Å²) < 4.78 is 7.10. The van der Waals surface area contributed by atoms with Gasteiger partial charge in [0.15, 0.2) is 0 Å². The van der Waals surface area contributed by atoms with Gasteiger partial charge >= 0.3 is 6.03 Å². The molecule has 3 rings (SSSR count). The number of ether oxygens (including phenoxy) is 1. The second-order valence-corrected chi connectivity index (χ2v) is 9.17. The molecule has 0 spiro atoms. The monoisotopic (exact) mass is 593 g/mol. The van der Waals surface area contributed by atoms with Crippen LogP contribution in [0.5, 0.6) is 5.75 Å². The summed E-state index contributed by atoms with van der Waals surface area (Å²) in [6.45, 7) is 2.69. The number of unbranched alkanes of at least 4 members (excludes halogenated alkanes) is 3. The highest BCUT2D eigenvalue weighted by atomic mass is 79.9. The van der Waals surface area contributed by atoms with E-state index in [4.69, 9.17) is 4.74 Å². The van der Waals surface area contributed by atoms with Crippen LogP contribution in [-0.2, 0) is 9.59 Å². The quantitative estimate of drug-likeness (QED) is 0.130. The first-order chi connectivity index (χ1) is 16.2. The highest BCUT2D eigenvalue weighted by molar-refractivity contribution is 9.11. The Bertz CT molecular complexity index is 1160. The predicted octanol–water partition coefficient (Wildman–Crippen LogP) is 5.75. The lowest BCUT2D eigenvalue weighted by molar-refractivity contribution is -0.384. The largest absolute Gasteiger partial charge is 0.491 e. The molecule has 0 aliphatic carbocycles. The summed E-state index contributed by atoms with van der Waals surface area (Å²) in [6.07, 6.45) is 5.62. The smallest absolute Gasteiger partial charge is 0.335 e. The summed E-state index contributed by atoms with van der Waals surface area (Å²) >= 11 is 6.91. The Morgan fingerprint density at radius 3 is 2.44 bits per heavy atom. The summed E-state index contributed by atoms with van der Waals surface area (Å²) in [7, 11) is 0. The van der Waals surface area contributed by atoms with Crippen LogP contribution in [-0.4, -0.2) is 29.4 Å². The molecule has 0 atom stereocenters. The molecule has 0 unspecified atom stereocenters. The van der Waals surface area contributed by atoms with Crippen LogP contribution < -0.4 is 15.0 Å². The van der Waals surface area contributed by atoms with Crippen LogP contribution in [0.4, 0.5) is 16.2 Å². The molecule has 2 aromatic rings. The van der Waals surface area contributed by atoms with Gasteiger partial charge in [0.25, 0.3) is 17.5 Å². The number of nitrogens with zero attached hydrogens (tertiary/aromatic N) is 2. The van der Waals surface area contributed by atoms with Crippen molar-refractivity contribution in [3.8, 4) is 5.75 Å². The van der Waals surface area contributed by atoms with E-state index in [-0.39, 0.29) is 16.9 Å². The zero-order valence-corrected chi connectivity index (χ0v) is 21.3. The van der Waals surface area contributed by atoms with E-state index >= 15 is 0 Å². The maximum Gasteiger partial charge on any atom is 0.335 e. The van der Waals surface area contributed by atoms with Crippen LogP contribution in [0.25, 0.3) is 6.08 Å². The number of hydrogen-bond acceptors (Lipinski definition) is 6. The van der Waals surface area contributed by atoms with Crippen LogP contribution in [0.3, 0.4) is 0 Å². The standard InChI is InChI=1S/C23H21Br2N3O6/c1-2-3-4-5-9-34-20-18(24)11-14(12-19(20)25)10-17-21(29)26-23(31)27(22(17)30)15-7-6-8-16(13-15)28(32)33/h6-8,10-13H,2-5,9H2,1H3,(H,26,29,31)/b17-10-. The second kappa shape index (κ2) is 11.4. The van der Waals surface area contributed by atoms with E-state index in [1.54, 1.807) is 12.1 Å². The fourth-order valence-electron chi connectivity index (χ4n) is 3.31. The van der Waals surface area contributed by atoms with Crippen molar-refractivity contribution in [3.05, 3.63) is 66.6 Å². The number of carbonyl (C=O) groups excluding carboxylic acids is 3. The summed E-state index contributed by atoms with van der Waals surface area (Å²) in [6, 6.07) is 7.44. The number of nitro benzene ring substituents is 1. The lowest BCUT2D eigenvalue weighted by Gasteiger charge is -2.26. The Kier molecular flexibility index (Phi) is 8.56. The number of nitrogens with one attached hydrogen (secondary N) is 1. The molecule has 1 N–H and O–H groups in total. The van der Waals surface area contributed by atoms with Crippen molar-refractivity contribution in [2.24, 2.45) is 0 Å². The molecule has 0 aromatic heterocycles. The predicted molar refractivity (Wildman–Crippen MR) is 134 cm³/mol. The van der Waals surface area contributed by atoms with Gasteiger partial charge in [-0.25, -0.2) is 9.69 Å². The van der Waals surface area contributed by atoms with Crippen LogP contribution in [0, 0.1) is 10.1 Å². The number of barbiturate groups is 1. The van der Waals surface area contributed by atoms with Gasteiger partial charge in [-0.1, -0.05) is 32.3 Å². The van der Waals surface area contributed by atoms with Gasteiger partial charge < -0.3 is 4.74 Å². The van der Waals surface area contributed by atoms with E-state index in [9.17, 15) is 24.5 Å². The third-order valence-corrected chi connectivity index (χ3v) is 6.15. The van der Waals surface area contributed by atoms with E-state index < -0.39 is 22.8 Å². The van der Waals surface area contributed by atoms with Crippen LogP contribution in [0.2, 0.25) is 0 Å². The van der Waals surface area contributed by atoms with Crippen LogP contribution >= 0.6 is 31.9 Å². The Hall–Kier alpha value is -3.05. The van der Waals surface area contributed by atoms with Crippen molar-refractivity contribution < 1.29 is 24.0 Å². The maximum absolute atomic E-state index is 13.1. The molecule has 34 heavy (non-hydrogen) atoms. The molecule has 9 nitrogen and oxygen atoms in total. The molecule has 0 saturated carbocycles. The van der Waals surface area contributed by atoms with Gasteiger partial charge in [-0.05, 0) is 68.1 Å². The lowest BCUT2D eigenvalue weighted by Crippen LogP contribution is -2.54. The van der Waals surface area contributed by atoms with Crippen molar-refractivity contribution >= 4 is 67.2 Å². The number of urea groups is 1.